The number of benzene rings is 1. The van der Waals surface area contributed by atoms with Crippen LogP contribution in [0.2, 0.25) is 0 Å². The number of hydrogen-bond acceptors (Lipinski definition) is 4. The Balaban J connectivity index is 2.93. The molecule has 15 heavy (non-hydrogen) atoms. The third-order valence-corrected chi connectivity index (χ3v) is 1.65. The summed E-state index contributed by atoms with van der Waals surface area (Å²) in [5.41, 5.74) is 4.89. The van der Waals surface area contributed by atoms with Gasteiger partial charge in [0.2, 0.25) is 0 Å². The second-order valence-electron chi connectivity index (χ2n) is 2.67. The molecule has 2 N–H and O–H groups in total. The molecular formula is C10H13NO4. The monoisotopic (exact) mass is 211 g/mol. The number of carbonyl (C=O) groups is 1. The molecule has 82 valence electrons. The van der Waals surface area contributed by atoms with Gasteiger partial charge in [-0.2, -0.15) is 0 Å². The van der Waals surface area contributed by atoms with E-state index >= 15 is 0 Å². The molecule has 0 aliphatic carbocycles. The first kappa shape index (κ1) is 11.2. The molecule has 0 saturated carbocycles. The van der Waals surface area contributed by atoms with Gasteiger partial charge in [-0.05, 0) is 19.1 Å². The van der Waals surface area contributed by atoms with Crippen molar-refractivity contribution in [3.05, 3.63) is 18.2 Å². The van der Waals surface area contributed by atoms with Crippen molar-refractivity contribution in [3.63, 3.8) is 0 Å². The van der Waals surface area contributed by atoms with E-state index in [4.69, 9.17) is 19.9 Å². The molecular weight excluding hydrogens is 198 g/mol. The highest BCUT2D eigenvalue weighted by Gasteiger charge is 2.07. The zero-order valence-electron chi connectivity index (χ0n) is 8.65. The van der Waals surface area contributed by atoms with Crippen LogP contribution in [-0.2, 0) is 0 Å². The molecule has 5 heteroatoms. The standard InChI is InChI=1S/C10H13NO4/c1-3-14-9-6-7(15-10(11)12)4-5-8(9)13-2/h4-6H,3H2,1-2H3,(H2,11,12). The lowest BCUT2D eigenvalue weighted by atomic mass is 10.3. The van der Waals surface area contributed by atoms with Crippen LogP contribution in [0.4, 0.5) is 4.79 Å². The van der Waals surface area contributed by atoms with Crippen LogP contribution < -0.4 is 19.9 Å². The number of primary amides is 1. The Labute approximate surface area is 87.7 Å². The maximum atomic E-state index is 10.5. The highest BCUT2D eigenvalue weighted by Crippen LogP contribution is 2.31. The van der Waals surface area contributed by atoms with Gasteiger partial charge in [0.25, 0.3) is 0 Å². The van der Waals surface area contributed by atoms with Crippen LogP contribution in [0.3, 0.4) is 0 Å². The Hall–Kier alpha value is -1.91. The smallest absolute Gasteiger partial charge is 0.409 e. The molecule has 0 radical (unpaired) electrons. The Kier molecular flexibility index (Phi) is 3.79. The summed E-state index contributed by atoms with van der Waals surface area (Å²) in [6.07, 6.45) is -0.859. The van der Waals surface area contributed by atoms with Gasteiger partial charge in [-0.3, -0.25) is 0 Å². The van der Waals surface area contributed by atoms with E-state index in [-0.39, 0.29) is 0 Å². The fraction of sp³-hybridized carbons (Fsp3) is 0.300. The summed E-state index contributed by atoms with van der Waals surface area (Å²) >= 11 is 0. The van der Waals surface area contributed by atoms with E-state index in [1.807, 2.05) is 6.92 Å². The highest BCUT2D eigenvalue weighted by atomic mass is 16.6. The Morgan fingerprint density at radius 3 is 2.67 bits per heavy atom. The molecule has 0 bridgehead atoms. The number of ether oxygens (including phenoxy) is 3. The van der Waals surface area contributed by atoms with E-state index < -0.39 is 6.09 Å². The number of carbonyl (C=O) groups excluding carboxylic acids is 1. The average Bonchev–Trinajstić information content (AvgIpc) is 2.18. The van der Waals surface area contributed by atoms with Crippen molar-refractivity contribution in [2.75, 3.05) is 13.7 Å². The SMILES string of the molecule is CCOc1cc(OC(N)=O)ccc1OC. The highest BCUT2D eigenvalue weighted by molar-refractivity contribution is 5.68. The van der Waals surface area contributed by atoms with Crippen LogP contribution in [0.25, 0.3) is 0 Å². The van der Waals surface area contributed by atoms with Gasteiger partial charge in [-0.15, -0.1) is 0 Å². The van der Waals surface area contributed by atoms with Crippen molar-refractivity contribution in [3.8, 4) is 17.2 Å². The maximum absolute atomic E-state index is 10.5. The van der Waals surface area contributed by atoms with Gasteiger partial charge in [0.05, 0.1) is 13.7 Å². The minimum absolute atomic E-state index is 0.326. The van der Waals surface area contributed by atoms with Crippen molar-refractivity contribution in [2.45, 2.75) is 6.92 Å². The molecule has 0 atom stereocenters. The van der Waals surface area contributed by atoms with Crippen LogP contribution in [0.5, 0.6) is 17.2 Å². The zero-order chi connectivity index (χ0) is 11.3. The van der Waals surface area contributed by atoms with Crippen molar-refractivity contribution in [1.82, 2.24) is 0 Å². The number of methoxy groups -OCH3 is 1. The summed E-state index contributed by atoms with van der Waals surface area (Å²) in [4.78, 5) is 10.5. The van der Waals surface area contributed by atoms with Gasteiger partial charge in [-0.1, -0.05) is 0 Å². The topological polar surface area (TPSA) is 70.8 Å². The first-order valence-electron chi connectivity index (χ1n) is 4.45. The Morgan fingerprint density at radius 2 is 2.13 bits per heavy atom. The lowest BCUT2D eigenvalue weighted by molar-refractivity contribution is 0.210. The van der Waals surface area contributed by atoms with Gasteiger partial charge in [0.15, 0.2) is 11.5 Å². The summed E-state index contributed by atoms with van der Waals surface area (Å²) in [5, 5.41) is 0. The zero-order valence-corrected chi connectivity index (χ0v) is 8.65. The van der Waals surface area contributed by atoms with Gasteiger partial charge in [0, 0.05) is 6.07 Å². The Bertz CT molecular complexity index is 351. The largest absolute Gasteiger partial charge is 0.493 e. The van der Waals surface area contributed by atoms with Crippen LogP contribution in [-0.4, -0.2) is 19.8 Å². The van der Waals surface area contributed by atoms with Crippen LogP contribution >= 0.6 is 0 Å². The van der Waals surface area contributed by atoms with Gasteiger partial charge < -0.3 is 19.9 Å². The van der Waals surface area contributed by atoms with Crippen LogP contribution in [0.15, 0.2) is 18.2 Å². The molecule has 5 nitrogen and oxygen atoms in total. The summed E-state index contributed by atoms with van der Waals surface area (Å²) in [6.45, 7) is 2.34. The van der Waals surface area contributed by atoms with E-state index in [0.717, 1.165) is 0 Å². The third kappa shape index (κ3) is 3.05. The fourth-order valence-corrected chi connectivity index (χ4v) is 1.10. The van der Waals surface area contributed by atoms with E-state index in [1.54, 1.807) is 18.2 Å². The molecule has 0 spiro atoms. The maximum Gasteiger partial charge on any atom is 0.409 e. The summed E-state index contributed by atoms with van der Waals surface area (Å²) < 4.78 is 15.1. The molecule has 1 aromatic carbocycles. The minimum atomic E-state index is -0.859. The molecule has 0 unspecified atom stereocenters. The quantitative estimate of drug-likeness (QED) is 0.820. The minimum Gasteiger partial charge on any atom is -0.493 e. The van der Waals surface area contributed by atoms with Gasteiger partial charge >= 0.3 is 6.09 Å². The first-order valence-corrected chi connectivity index (χ1v) is 4.45. The number of amides is 1. The molecule has 1 rings (SSSR count). The summed E-state index contributed by atoms with van der Waals surface area (Å²) in [5.74, 6) is 1.42. The van der Waals surface area contributed by atoms with Gasteiger partial charge in [0.1, 0.15) is 5.75 Å². The molecule has 1 aromatic rings. The van der Waals surface area contributed by atoms with E-state index in [2.05, 4.69) is 0 Å². The van der Waals surface area contributed by atoms with Crippen molar-refractivity contribution in [1.29, 1.82) is 0 Å². The van der Waals surface area contributed by atoms with Crippen LogP contribution in [0, 0.1) is 0 Å². The molecule has 0 aromatic heterocycles. The molecule has 0 saturated heterocycles. The predicted molar refractivity (Wildman–Crippen MR) is 54.4 cm³/mol. The van der Waals surface area contributed by atoms with Crippen LogP contribution in [0.1, 0.15) is 6.92 Å². The fourth-order valence-electron chi connectivity index (χ4n) is 1.10. The van der Waals surface area contributed by atoms with Crippen molar-refractivity contribution >= 4 is 6.09 Å². The number of nitrogens with two attached hydrogens (primary N) is 1. The first-order chi connectivity index (χ1) is 7.17. The number of rotatable bonds is 4. The molecule has 0 heterocycles. The van der Waals surface area contributed by atoms with Crippen molar-refractivity contribution in [2.24, 2.45) is 5.73 Å². The number of hydrogen-bond donors (Lipinski definition) is 1. The summed E-state index contributed by atoms with van der Waals surface area (Å²) in [7, 11) is 1.53. The van der Waals surface area contributed by atoms with E-state index in [1.165, 1.54) is 7.11 Å². The summed E-state index contributed by atoms with van der Waals surface area (Å²) in [6, 6.07) is 4.77. The third-order valence-electron chi connectivity index (χ3n) is 1.65. The predicted octanol–water partition coefficient (Wildman–Crippen LogP) is 1.55. The van der Waals surface area contributed by atoms with E-state index in [9.17, 15) is 4.79 Å². The lowest BCUT2D eigenvalue weighted by Gasteiger charge is -2.10. The van der Waals surface area contributed by atoms with Crippen molar-refractivity contribution < 1.29 is 19.0 Å². The molecule has 1 amide bonds. The Morgan fingerprint density at radius 1 is 1.40 bits per heavy atom. The normalized spacial score (nSPS) is 9.47. The second-order valence-corrected chi connectivity index (χ2v) is 2.67. The molecule has 0 aliphatic heterocycles. The molecule has 0 fully saturated rings. The molecule has 0 aliphatic rings. The second kappa shape index (κ2) is 5.09. The lowest BCUT2D eigenvalue weighted by Crippen LogP contribution is -2.16. The average molecular weight is 211 g/mol. The van der Waals surface area contributed by atoms with E-state index in [0.29, 0.717) is 23.9 Å². The van der Waals surface area contributed by atoms with Gasteiger partial charge in [-0.25, -0.2) is 4.79 Å².